The molecule has 96 valence electrons. The van der Waals surface area contributed by atoms with Crippen LogP contribution in [0.25, 0.3) is 11.4 Å². The topological polar surface area (TPSA) is 60.2 Å². The van der Waals surface area contributed by atoms with Crippen molar-refractivity contribution >= 4 is 0 Å². The van der Waals surface area contributed by atoms with E-state index in [-0.39, 0.29) is 5.82 Å². The van der Waals surface area contributed by atoms with Crippen LogP contribution in [0.15, 0.2) is 28.8 Å². The molecule has 1 N–H and O–H groups in total. The SMILES string of the molecule is CONCc1ccc(-c2noc(C(F)F)n2)cc1. The van der Waals surface area contributed by atoms with Crippen LogP contribution in [0.1, 0.15) is 17.9 Å². The van der Waals surface area contributed by atoms with Crippen LogP contribution >= 0.6 is 0 Å². The second kappa shape index (κ2) is 5.65. The first kappa shape index (κ1) is 12.6. The van der Waals surface area contributed by atoms with Crippen LogP contribution in [0.3, 0.4) is 0 Å². The van der Waals surface area contributed by atoms with Crippen molar-refractivity contribution in [2.24, 2.45) is 0 Å². The molecule has 0 unspecified atom stereocenters. The highest BCUT2D eigenvalue weighted by molar-refractivity contribution is 5.54. The Labute approximate surface area is 102 Å². The van der Waals surface area contributed by atoms with Crippen molar-refractivity contribution in [1.29, 1.82) is 0 Å². The minimum atomic E-state index is -2.75. The number of halogens is 2. The minimum Gasteiger partial charge on any atom is -0.333 e. The van der Waals surface area contributed by atoms with Crippen LogP contribution in [-0.4, -0.2) is 17.3 Å². The first-order chi connectivity index (χ1) is 8.70. The average molecular weight is 255 g/mol. The predicted molar refractivity (Wildman–Crippen MR) is 58.5 cm³/mol. The Morgan fingerprint density at radius 1 is 1.33 bits per heavy atom. The van der Waals surface area contributed by atoms with E-state index in [0.29, 0.717) is 12.1 Å². The van der Waals surface area contributed by atoms with Crippen LogP contribution in [0.4, 0.5) is 8.78 Å². The van der Waals surface area contributed by atoms with Crippen molar-refractivity contribution in [2.45, 2.75) is 13.0 Å². The van der Waals surface area contributed by atoms with Crippen molar-refractivity contribution in [3.63, 3.8) is 0 Å². The van der Waals surface area contributed by atoms with Gasteiger partial charge in [-0.2, -0.15) is 19.2 Å². The second-order valence-corrected chi connectivity index (χ2v) is 3.48. The number of nitrogens with one attached hydrogen (secondary N) is 1. The van der Waals surface area contributed by atoms with Crippen LogP contribution in [0.2, 0.25) is 0 Å². The Morgan fingerprint density at radius 2 is 2.06 bits per heavy atom. The summed E-state index contributed by atoms with van der Waals surface area (Å²) < 4.78 is 29.0. The molecule has 5 nitrogen and oxygen atoms in total. The van der Waals surface area contributed by atoms with E-state index in [1.54, 1.807) is 12.1 Å². The van der Waals surface area contributed by atoms with Gasteiger partial charge in [0.2, 0.25) is 5.82 Å². The number of hydrogen-bond acceptors (Lipinski definition) is 5. The third-order valence-electron chi connectivity index (χ3n) is 2.26. The first-order valence-corrected chi connectivity index (χ1v) is 5.17. The number of aromatic nitrogens is 2. The molecule has 0 bridgehead atoms. The zero-order chi connectivity index (χ0) is 13.0. The summed E-state index contributed by atoms with van der Waals surface area (Å²) in [5, 5.41) is 3.49. The van der Waals surface area contributed by atoms with Gasteiger partial charge in [-0.1, -0.05) is 29.4 Å². The Morgan fingerprint density at radius 3 is 2.61 bits per heavy atom. The maximum absolute atomic E-state index is 12.3. The Bertz CT molecular complexity index is 499. The highest BCUT2D eigenvalue weighted by atomic mass is 19.3. The van der Waals surface area contributed by atoms with Gasteiger partial charge in [0.15, 0.2) is 0 Å². The van der Waals surface area contributed by atoms with Gasteiger partial charge in [-0.05, 0) is 5.56 Å². The van der Waals surface area contributed by atoms with E-state index in [2.05, 4.69) is 20.1 Å². The van der Waals surface area contributed by atoms with Crippen molar-refractivity contribution < 1.29 is 18.1 Å². The van der Waals surface area contributed by atoms with Gasteiger partial charge >= 0.3 is 6.43 Å². The quantitative estimate of drug-likeness (QED) is 0.831. The Balaban J connectivity index is 2.12. The zero-order valence-electron chi connectivity index (χ0n) is 9.56. The molecule has 18 heavy (non-hydrogen) atoms. The molecule has 7 heteroatoms. The molecule has 1 heterocycles. The van der Waals surface area contributed by atoms with Gasteiger partial charge in [0, 0.05) is 12.1 Å². The molecule has 0 saturated carbocycles. The van der Waals surface area contributed by atoms with Crippen molar-refractivity contribution in [3.8, 4) is 11.4 Å². The third-order valence-corrected chi connectivity index (χ3v) is 2.26. The average Bonchev–Trinajstić information content (AvgIpc) is 2.87. The summed E-state index contributed by atoms with van der Waals surface area (Å²) in [6.07, 6.45) is -2.75. The van der Waals surface area contributed by atoms with E-state index < -0.39 is 12.3 Å². The molecule has 0 amide bonds. The third kappa shape index (κ3) is 2.88. The Hall–Kier alpha value is -1.86. The number of nitrogens with zero attached hydrogens (tertiary/aromatic N) is 2. The molecular weight excluding hydrogens is 244 g/mol. The van der Waals surface area contributed by atoms with E-state index in [0.717, 1.165) is 5.56 Å². The Kier molecular flexibility index (Phi) is 3.96. The molecule has 2 aromatic rings. The van der Waals surface area contributed by atoms with Gasteiger partial charge in [-0.25, -0.2) is 0 Å². The summed E-state index contributed by atoms with van der Waals surface area (Å²) in [5.74, 6) is -0.522. The van der Waals surface area contributed by atoms with Crippen molar-refractivity contribution in [2.75, 3.05) is 7.11 Å². The fourth-order valence-corrected chi connectivity index (χ4v) is 1.37. The first-order valence-electron chi connectivity index (χ1n) is 5.17. The predicted octanol–water partition coefficient (Wildman–Crippen LogP) is 2.33. The number of alkyl halides is 2. The van der Waals surface area contributed by atoms with Crippen LogP contribution in [-0.2, 0) is 11.4 Å². The summed E-state index contributed by atoms with van der Waals surface area (Å²) in [5.41, 5.74) is 4.30. The highest BCUT2D eigenvalue weighted by Crippen LogP contribution is 2.21. The maximum atomic E-state index is 12.3. The standard InChI is InChI=1S/C11H11F2N3O2/c1-17-14-6-7-2-4-8(5-3-7)10-15-11(9(12)13)18-16-10/h2-5,9,14H,6H2,1H3. The number of hydroxylamine groups is 1. The molecular formula is C11H11F2N3O2. The normalized spacial score (nSPS) is 11.1. The number of benzene rings is 1. The monoisotopic (exact) mass is 255 g/mol. The van der Waals surface area contributed by atoms with Gasteiger partial charge in [0.25, 0.3) is 5.89 Å². The zero-order valence-corrected chi connectivity index (χ0v) is 9.56. The van der Waals surface area contributed by atoms with E-state index >= 15 is 0 Å². The van der Waals surface area contributed by atoms with Gasteiger partial charge in [0.05, 0.1) is 7.11 Å². The lowest BCUT2D eigenvalue weighted by molar-refractivity contribution is 0.0867. The van der Waals surface area contributed by atoms with Gasteiger partial charge in [0.1, 0.15) is 0 Å². The van der Waals surface area contributed by atoms with E-state index in [1.807, 2.05) is 12.1 Å². The number of rotatable bonds is 5. The van der Waals surface area contributed by atoms with Crippen molar-refractivity contribution in [3.05, 3.63) is 35.7 Å². The van der Waals surface area contributed by atoms with Crippen molar-refractivity contribution in [1.82, 2.24) is 15.6 Å². The maximum Gasteiger partial charge on any atom is 0.315 e. The summed E-state index contributed by atoms with van der Waals surface area (Å²) >= 11 is 0. The smallest absolute Gasteiger partial charge is 0.315 e. The van der Waals surface area contributed by atoms with Gasteiger partial charge in [-0.3, -0.25) is 0 Å². The van der Waals surface area contributed by atoms with E-state index in [4.69, 9.17) is 4.84 Å². The summed E-state index contributed by atoms with van der Waals surface area (Å²) in [4.78, 5) is 8.32. The molecule has 0 saturated heterocycles. The molecule has 0 aliphatic rings. The highest BCUT2D eigenvalue weighted by Gasteiger charge is 2.16. The molecule has 0 atom stereocenters. The molecule has 0 aliphatic carbocycles. The number of hydrogen-bond donors (Lipinski definition) is 1. The largest absolute Gasteiger partial charge is 0.333 e. The van der Waals surface area contributed by atoms with Crippen LogP contribution < -0.4 is 5.48 Å². The molecule has 0 fully saturated rings. The minimum absolute atomic E-state index is 0.150. The van der Waals surface area contributed by atoms with Crippen LogP contribution in [0.5, 0.6) is 0 Å². The summed E-state index contributed by atoms with van der Waals surface area (Å²) in [7, 11) is 1.53. The molecule has 0 radical (unpaired) electrons. The molecule has 0 aliphatic heterocycles. The fraction of sp³-hybridized carbons (Fsp3) is 0.273. The molecule has 0 spiro atoms. The van der Waals surface area contributed by atoms with Gasteiger partial charge in [-0.15, -0.1) is 0 Å². The lowest BCUT2D eigenvalue weighted by atomic mass is 10.1. The fourth-order valence-electron chi connectivity index (χ4n) is 1.37. The van der Waals surface area contributed by atoms with Gasteiger partial charge < -0.3 is 9.36 Å². The summed E-state index contributed by atoms with van der Waals surface area (Å²) in [6, 6.07) is 7.10. The summed E-state index contributed by atoms with van der Waals surface area (Å²) in [6.45, 7) is 0.547. The van der Waals surface area contributed by atoms with E-state index in [1.165, 1.54) is 7.11 Å². The molecule has 1 aromatic heterocycles. The lowest BCUT2D eigenvalue weighted by Crippen LogP contribution is -2.10. The van der Waals surface area contributed by atoms with E-state index in [9.17, 15) is 8.78 Å². The van der Waals surface area contributed by atoms with Crippen LogP contribution in [0, 0.1) is 0 Å². The lowest BCUT2D eigenvalue weighted by Gasteiger charge is -2.02. The molecule has 1 aromatic carbocycles. The molecule has 2 rings (SSSR count). The second-order valence-electron chi connectivity index (χ2n) is 3.48.